The van der Waals surface area contributed by atoms with Gasteiger partial charge in [-0.2, -0.15) is 0 Å². The Bertz CT molecular complexity index is 526. The number of carbonyl (C=O) groups excluding carboxylic acids is 2. The molecule has 1 heterocycles. The molecule has 1 aliphatic rings. The molecule has 5 heteroatoms. The van der Waals surface area contributed by atoms with Gasteiger partial charge >= 0.3 is 5.97 Å². The number of nitrogens with zero attached hydrogens (tertiary/aromatic N) is 1. The van der Waals surface area contributed by atoms with E-state index in [-0.39, 0.29) is 24.9 Å². The van der Waals surface area contributed by atoms with Crippen LogP contribution in [0.1, 0.15) is 38.2 Å². The molecule has 0 spiro atoms. The second kappa shape index (κ2) is 8.56. The number of hydrogen-bond acceptors (Lipinski definition) is 4. The zero-order valence-electron chi connectivity index (χ0n) is 13.9. The largest absolute Gasteiger partial charge is 0.484 e. The topological polar surface area (TPSA) is 55.8 Å². The lowest BCUT2D eigenvalue weighted by Gasteiger charge is -2.35. The second-order valence-corrected chi connectivity index (χ2v) is 5.83. The van der Waals surface area contributed by atoms with Gasteiger partial charge in [-0.1, -0.05) is 19.1 Å². The molecule has 0 aromatic heterocycles. The lowest BCUT2D eigenvalue weighted by Crippen LogP contribution is -2.45. The molecule has 0 aliphatic carbocycles. The number of amides is 1. The van der Waals surface area contributed by atoms with E-state index in [1.54, 1.807) is 12.1 Å². The summed E-state index contributed by atoms with van der Waals surface area (Å²) in [5.41, 5.74) is 0.859. The van der Waals surface area contributed by atoms with Crippen molar-refractivity contribution < 1.29 is 19.1 Å². The van der Waals surface area contributed by atoms with E-state index >= 15 is 0 Å². The van der Waals surface area contributed by atoms with Gasteiger partial charge in [0.05, 0.1) is 13.5 Å². The molecule has 23 heavy (non-hydrogen) atoms. The van der Waals surface area contributed by atoms with Gasteiger partial charge < -0.3 is 14.4 Å². The first-order valence-corrected chi connectivity index (χ1v) is 8.22. The lowest BCUT2D eigenvalue weighted by molar-refractivity contribution is -0.140. The molecule has 1 aliphatic heterocycles. The Balaban J connectivity index is 1.85. The Morgan fingerprint density at radius 2 is 1.96 bits per heavy atom. The number of benzene rings is 1. The van der Waals surface area contributed by atoms with Crippen molar-refractivity contribution in [1.29, 1.82) is 0 Å². The van der Waals surface area contributed by atoms with Crippen LogP contribution in [0.15, 0.2) is 24.3 Å². The van der Waals surface area contributed by atoms with Crippen LogP contribution in [0.5, 0.6) is 5.75 Å². The fourth-order valence-electron chi connectivity index (χ4n) is 2.92. The summed E-state index contributed by atoms with van der Waals surface area (Å²) in [5, 5.41) is 0. The van der Waals surface area contributed by atoms with Gasteiger partial charge in [-0.05, 0) is 43.4 Å². The van der Waals surface area contributed by atoms with E-state index in [1.807, 2.05) is 17.0 Å². The van der Waals surface area contributed by atoms with Crippen LogP contribution in [-0.2, 0) is 20.7 Å². The average molecular weight is 319 g/mol. The molecular weight excluding hydrogens is 294 g/mol. The van der Waals surface area contributed by atoms with Crippen molar-refractivity contribution in [3.8, 4) is 5.75 Å². The van der Waals surface area contributed by atoms with E-state index in [0.29, 0.717) is 11.8 Å². The third-order valence-electron chi connectivity index (χ3n) is 4.28. The van der Waals surface area contributed by atoms with Crippen molar-refractivity contribution in [2.24, 2.45) is 0 Å². The van der Waals surface area contributed by atoms with Gasteiger partial charge in [-0.25, -0.2) is 0 Å². The molecule has 0 bridgehead atoms. The molecule has 1 atom stereocenters. The normalized spacial score (nSPS) is 17.7. The number of carbonyl (C=O) groups is 2. The number of esters is 1. The van der Waals surface area contributed by atoms with Gasteiger partial charge in [0.25, 0.3) is 5.91 Å². The summed E-state index contributed by atoms with van der Waals surface area (Å²) < 4.78 is 10.2. The van der Waals surface area contributed by atoms with Crippen LogP contribution in [0.25, 0.3) is 0 Å². The quantitative estimate of drug-likeness (QED) is 0.756. The summed E-state index contributed by atoms with van der Waals surface area (Å²) in [5.74, 6) is 0.414. The maximum atomic E-state index is 12.3. The van der Waals surface area contributed by atoms with E-state index in [9.17, 15) is 9.59 Å². The highest BCUT2D eigenvalue weighted by atomic mass is 16.5. The monoisotopic (exact) mass is 319 g/mol. The number of methoxy groups -OCH3 is 1. The Morgan fingerprint density at radius 1 is 1.22 bits per heavy atom. The molecular formula is C18H25NO4. The predicted molar refractivity (Wildman–Crippen MR) is 87.3 cm³/mol. The van der Waals surface area contributed by atoms with Crippen molar-refractivity contribution in [3.05, 3.63) is 29.8 Å². The van der Waals surface area contributed by atoms with Crippen LogP contribution < -0.4 is 4.74 Å². The standard InChI is InChI=1S/C18H25NO4/c1-3-15-6-4-5-11-19(15)17(20)13-23-16-9-7-14(8-10-16)12-18(21)22-2/h7-10,15H,3-6,11-13H2,1-2H3/t15-/m1/s1. The van der Waals surface area contributed by atoms with E-state index in [1.165, 1.54) is 13.5 Å². The Labute approximate surface area is 137 Å². The van der Waals surface area contributed by atoms with Crippen LogP contribution in [-0.4, -0.2) is 43.1 Å². The molecule has 0 saturated carbocycles. The summed E-state index contributed by atoms with van der Waals surface area (Å²) in [7, 11) is 1.37. The molecule has 0 N–H and O–H groups in total. The summed E-state index contributed by atoms with van der Waals surface area (Å²) in [6.45, 7) is 3.02. The van der Waals surface area contributed by atoms with E-state index < -0.39 is 0 Å². The van der Waals surface area contributed by atoms with E-state index in [0.717, 1.165) is 31.4 Å². The van der Waals surface area contributed by atoms with Crippen LogP contribution in [0, 0.1) is 0 Å². The molecule has 1 amide bonds. The van der Waals surface area contributed by atoms with Crippen molar-refractivity contribution >= 4 is 11.9 Å². The minimum atomic E-state index is -0.274. The van der Waals surface area contributed by atoms with Gasteiger partial charge in [-0.15, -0.1) is 0 Å². The highest BCUT2D eigenvalue weighted by molar-refractivity contribution is 5.78. The number of rotatable bonds is 6. The number of ether oxygens (including phenoxy) is 2. The smallest absolute Gasteiger partial charge is 0.309 e. The molecule has 5 nitrogen and oxygen atoms in total. The molecule has 126 valence electrons. The Kier molecular flexibility index (Phi) is 6.44. The fraction of sp³-hybridized carbons (Fsp3) is 0.556. The number of likely N-dealkylation sites (tertiary alicyclic amines) is 1. The summed E-state index contributed by atoms with van der Waals surface area (Å²) in [6, 6.07) is 7.53. The molecule has 0 radical (unpaired) electrons. The zero-order valence-corrected chi connectivity index (χ0v) is 13.9. The SMILES string of the molecule is CC[C@@H]1CCCCN1C(=O)COc1ccc(CC(=O)OC)cc1. The summed E-state index contributed by atoms with van der Waals surface area (Å²) in [6.07, 6.45) is 4.59. The molecule has 1 aromatic rings. The van der Waals surface area contributed by atoms with E-state index in [2.05, 4.69) is 11.7 Å². The summed E-state index contributed by atoms with van der Waals surface area (Å²) >= 11 is 0. The molecule has 1 fully saturated rings. The fourth-order valence-corrected chi connectivity index (χ4v) is 2.92. The van der Waals surface area contributed by atoms with Crippen LogP contribution in [0.4, 0.5) is 0 Å². The lowest BCUT2D eigenvalue weighted by atomic mass is 10.00. The molecule has 1 aromatic carbocycles. The first-order chi connectivity index (χ1) is 11.1. The minimum absolute atomic E-state index is 0.0511. The van der Waals surface area contributed by atoms with Crippen molar-refractivity contribution in [1.82, 2.24) is 4.90 Å². The highest BCUT2D eigenvalue weighted by Crippen LogP contribution is 2.20. The highest BCUT2D eigenvalue weighted by Gasteiger charge is 2.25. The molecule has 1 saturated heterocycles. The third kappa shape index (κ3) is 4.98. The Morgan fingerprint density at radius 3 is 2.61 bits per heavy atom. The van der Waals surface area contributed by atoms with Gasteiger partial charge in [0.15, 0.2) is 6.61 Å². The van der Waals surface area contributed by atoms with Crippen molar-refractivity contribution in [3.63, 3.8) is 0 Å². The predicted octanol–water partition coefficient (Wildman–Crippen LogP) is 2.57. The van der Waals surface area contributed by atoms with E-state index in [4.69, 9.17) is 4.74 Å². The first kappa shape index (κ1) is 17.3. The number of hydrogen-bond donors (Lipinski definition) is 0. The number of piperidine rings is 1. The second-order valence-electron chi connectivity index (χ2n) is 5.83. The van der Waals surface area contributed by atoms with Crippen molar-refractivity contribution in [2.45, 2.75) is 45.1 Å². The van der Waals surface area contributed by atoms with Crippen LogP contribution in [0.2, 0.25) is 0 Å². The first-order valence-electron chi connectivity index (χ1n) is 8.22. The van der Waals surface area contributed by atoms with Gasteiger partial charge in [0.1, 0.15) is 5.75 Å². The van der Waals surface area contributed by atoms with Gasteiger partial charge in [-0.3, -0.25) is 9.59 Å². The molecule has 0 unspecified atom stereocenters. The van der Waals surface area contributed by atoms with Gasteiger partial charge in [0, 0.05) is 12.6 Å². The minimum Gasteiger partial charge on any atom is -0.484 e. The van der Waals surface area contributed by atoms with Crippen LogP contribution >= 0.6 is 0 Å². The zero-order chi connectivity index (χ0) is 16.7. The van der Waals surface area contributed by atoms with Crippen molar-refractivity contribution in [2.75, 3.05) is 20.3 Å². The maximum absolute atomic E-state index is 12.3. The third-order valence-corrected chi connectivity index (χ3v) is 4.28. The molecule has 2 rings (SSSR count). The average Bonchev–Trinajstić information content (AvgIpc) is 2.60. The van der Waals surface area contributed by atoms with Crippen LogP contribution in [0.3, 0.4) is 0 Å². The summed E-state index contributed by atoms with van der Waals surface area (Å²) in [4.78, 5) is 25.5. The maximum Gasteiger partial charge on any atom is 0.309 e. The van der Waals surface area contributed by atoms with Gasteiger partial charge in [0.2, 0.25) is 0 Å². The Hall–Kier alpha value is -2.04.